The normalized spacial score (nSPS) is 10.3. The molecule has 26 heavy (non-hydrogen) atoms. The zero-order chi connectivity index (χ0) is 18.5. The number of carbonyl (C=O) groups excluding carboxylic acids is 1. The van der Waals surface area contributed by atoms with Gasteiger partial charge in [0.25, 0.3) is 0 Å². The van der Waals surface area contributed by atoms with Crippen LogP contribution in [-0.4, -0.2) is 15.9 Å². The standard InChI is InChI=1S/C20H21N5O/c1-13-7-4-5-10-18(13)24-19-11-14(2)21-20(25-19)23-17-9-6-8-16(12-17)22-15(3)26/h4-12H,1-3H3,(H,22,26)(H2,21,23,24,25). The maximum atomic E-state index is 11.2. The van der Waals surface area contributed by atoms with Crippen LogP contribution >= 0.6 is 0 Å². The van der Waals surface area contributed by atoms with Gasteiger partial charge in [-0.3, -0.25) is 4.79 Å². The highest BCUT2D eigenvalue weighted by atomic mass is 16.1. The second kappa shape index (κ2) is 7.65. The Morgan fingerprint density at radius 3 is 2.42 bits per heavy atom. The summed E-state index contributed by atoms with van der Waals surface area (Å²) in [6, 6.07) is 17.3. The van der Waals surface area contributed by atoms with Gasteiger partial charge >= 0.3 is 0 Å². The zero-order valence-corrected chi connectivity index (χ0v) is 15.0. The monoisotopic (exact) mass is 347 g/mol. The number of nitrogens with one attached hydrogen (secondary N) is 3. The summed E-state index contributed by atoms with van der Waals surface area (Å²) in [6.45, 7) is 5.44. The first kappa shape index (κ1) is 17.4. The van der Waals surface area contributed by atoms with Crippen molar-refractivity contribution in [1.29, 1.82) is 0 Å². The fourth-order valence-electron chi connectivity index (χ4n) is 2.55. The number of benzene rings is 2. The summed E-state index contributed by atoms with van der Waals surface area (Å²) < 4.78 is 0. The summed E-state index contributed by atoms with van der Waals surface area (Å²) in [5.74, 6) is 1.09. The number of aryl methyl sites for hydroxylation is 2. The third-order valence-corrected chi connectivity index (χ3v) is 3.70. The second-order valence-electron chi connectivity index (χ2n) is 6.05. The van der Waals surface area contributed by atoms with Crippen molar-refractivity contribution in [3.63, 3.8) is 0 Å². The first-order valence-corrected chi connectivity index (χ1v) is 8.32. The van der Waals surface area contributed by atoms with E-state index in [-0.39, 0.29) is 5.91 Å². The Labute approximate surface area is 152 Å². The molecule has 0 aliphatic carbocycles. The van der Waals surface area contributed by atoms with Crippen LogP contribution in [0.2, 0.25) is 0 Å². The lowest BCUT2D eigenvalue weighted by atomic mass is 10.2. The van der Waals surface area contributed by atoms with E-state index in [9.17, 15) is 4.79 Å². The number of amides is 1. The van der Waals surface area contributed by atoms with Crippen molar-refractivity contribution in [2.45, 2.75) is 20.8 Å². The second-order valence-corrected chi connectivity index (χ2v) is 6.05. The Hall–Kier alpha value is -3.41. The van der Waals surface area contributed by atoms with Crippen LogP contribution in [0.3, 0.4) is 0 Å². The zero-order valence-electron chi connectivity index (χ0n) is 15.0. The van der Waals surface area contributed by atoms with Crippen molar-refractivity contribution in [3.05, 3.63) is 65.9 Å². The van der Waals surface area contributed by atoms with Crippen LogP contribution in [0.4, 0.5) is 28.8 Å². The van der Waals surface area contributed by atoms with E-state index in [0.29, 0.717) is 17.5 Å². The molecule has 0 unspecified atom stereocenters. The Bertz CT molecular complexity index is 939. The summed E-state index contributed by atoms with van der Waals surface area (Å²) in [7, 11) is 0. The molecule has 6 nitrogen and oxygen atoms in total. The molecule has 0 bridgehead atoms. The van der Waals surface area contributed by atoms with Crippen molar-refractivity contribution in [2.24, 2.45) is 0 Å². The number of anilines is 5. The molecule has 1 heterocycles. The highest BCUT2D eigenvalue weighted by Gasteiger charge is 2.06. The van der Waals surface area contributed by atoms with Crippen LogP contribution < -0.4 is 16.0 Å². The Morgan fingerprint density at radius 2 is 1.65 bits per heavy atom. The fraction of sp³-hybridized carbons (Fsp3) is 0.150. The van der Waals surface area contributed by atoms with E-state index in [1.165, 1.54) is 6.92 Å². The lowest BCUT2D eigenvalue weighted by Gasteiger charge is -2.12. The van der Waals surface area contributed by atoms with E-state index in [4.69, 9.17) is 0 Å². The van der Waals surface area contributed by atoms with Crippen molar-refractivity contribution in [1.82, 2.24) is 9.97 Å². The minimum Gasteiger partial charge on any atom is -0.340 e. The molecule has 3 N–H and O–H groups in total. The molecule has 0 aliphatic heterocycles. The predicted molar refractivity (Wildman–Crippen MR) is 105 cm³/mol. The first-order valence-electron chi connectivity index (χ1n) is 8.32. The Morgan fingerprint density at radius 1 is 0.885 bits per heavy atom. The summed E-state index contributed by atoms with van der Waals surface area (Å²) in [6.07, 6.45) is 0. The third-order valence-electron chi connectivity index (χ3n) is 3.70. The average molecular weight is 347 g/mol. The highest BCUT2D eigenvalue weighted by Crippen LogP contribution is 2.22. The molecule has 1 amide bonds. The molecule has 2 aromatic carbocycles. The molecule has 3 aromatic rings. The molecule has 0 radical (unpaired) electrons. The third kappa shape index (κ3) is 4.57. The van der Waals surface area contributed by atoms with E-state index >= 15 is 0 Å². The lowest BCUT2D eigenvalue weighted by molar-refractivity contribution is -0.114. The summed E-state index contributed by atoms with van der Waals surface area (Å²) >= 11 is 0. The van der Waals surface area contributed by atoms with E-state index < -0.39 is 0 Å². The maximum Gasteiger partial charge on any atom is 0.229 e. The maximum absolute atomic E-state index is 11.2. The van der Waals surface area contributed by atoms with Gasteiger partial charge in [-0.1, -0.05) is 24.3 Å². The lowest BCUT2D eigenvalue weighted by Crippen LogP contribution is -2.06. The first-order chi connectivity index (χ1) is 12.5. The minimum absolute atomic E-state index is 0.112. The van der Waals surface area contributed by atoms with Crippen molar-refractivity contribution >= 4 is 34.7 Å². The number of aromatic nitrogens is 2. The van der Waals surface area contributed by atoms with Gasteiger partial charge in [0.05, 0.1) is 0 Å². The Kier molecular flexibility index (Phi) is 5.12. The summed E-state index contributed by atoms with van der Waals surface area (Å²) in [5, 5.41) is 9.27. The van der Waals surface area contributed by atoms with Crippen LogP contribution in [-0.2, 0) is 4.79 Å². The van der Waals surface area contributed by atoms with Crippen LogP contribution in [0.25, 0.3) is 0 Å². The number of nitrogens with zero attached hydrogens (tertiary/aromatic N) is 2. The average Bonchev–Trinajstić information content (AvgIpc) is 2.56. The SMILES string of the molecule is CC(=O)Nc1cccc(Nc2nc(C)cc(Nc3ccccc3C)n2)c1. The predicted octanol–water partition coefficient (Wildman–Crippen LogP) is 4.54. The molecule has 0 aliphatic rings. The summed E-state index contributed by atoms with van der Waals surface area (Å²) in [5.41, 5.74) is 4.50. The quantitative estimate of drug-likeness (QED) is 0.631. The number of rotatable bonds is 5. The van der Waals surface area contributed by atoms with Gasteiger partial charge in [-0.25, -0.2) is 4.98 Å². The fourth-order valence-corrected chi connectivity index (χ4v) is 2.55. The van der Waals surface area contributed by atoms with Crippen LogP contribution in [0, 0.1) is 13.8 Å². The molecule has 1 aromatic heterocycles. The van der Waals surface area contributed by atoms with Gasteiger partial charge in [-0.15, -0.1) is 0 Å². The van der Waals surface area contributed by atoms with Crippen molar-refractivity contribution < 1.29 is 4.79 Å². The molecule has 6 heteroatoms. The van der Waals surface area contributed by atoms with Gasteiger partial charge in [0.15, 0.2) is 0 Å². The molecule has 0 spiro atoms. The van der Waals surface area contributed by atoms with E-state index in [2.05, 4.69) is 25.9 Å². The largest absolute Gasteiger partial charge is 0.340 e. The topological polar surface area (TPSA) is 78.9 Å². The molecule has 0 saturated carbocycles. The van der Waals surface area contributed by atoms with Crippen molar-refractivity contribution in [3.8, 4) is 0 Å². The Balaban J connectivity index is 1.82. The molecule has 0 fully saturated rings. The van der Waals surface area contributed by atoms with Crippen LogP contribution in [0.1, 0.15) is 18.2 Å². The molecule has 3 rings (SSSR count). The molecule has 0 atom stereocenters. The molecular weight excluding hydrogens is 326 g/mol. The minimum atomic E-state index is -0.112. The van der Waals surface area contributed by atoms with E-state index in [1.54, 1.807) is 0 Å². The molecule has 0 saturated heterocycles. The smallest absolute Gasteiger partial charge is 0.229 e. The van der Waals surface area contributed by atoms with Gasteiger partial charge in [-0.2, -0.15) is 4.98 Å². The number of hydrogen-bond acceptors (Lipinski definition) is 5. The van der Waals surface area contributed by atoms with Gasteiger partial charge in [0, 0.05) is 35.7 Å². The summed E-state index contributed by atoms with van der Waals surface area (Å²) in [4.78, 5) is 20.2. The molecule has 132 valence electrons. The molecular formula is C20H21N5O. The number of para-hydroxylation sites is 1. The van der Waals surface area contributed by atoms with Gasteiger partial charge in [-0.05, 0) is 43.7 Å². The van der Waals surface area contributed by atoms with Gasteiger partial charge < -0.3 is 16.0 Å². The van der Waals surface area contributed by atoms with Crippen LogP contribution in [0.15, 0.2) is 54.6 Å². The van der Waals surface area contributed by atoms with E-state index in [0.717, 1.165) is 22.6 Å². The van der Waals surface area contributed by atoms with Crippen molar-refractivity contribution in [2.75, 3.05) is 16.0 Å². The highest BCUT2D eigenvalue weighted by molar-refractivity contribution is 5.89. The van der Waals surface area contributed by atoms with Gasteiger partial charge in [0.2, 0.25) is 11.9 Å². The van der Waals surface area contributed by atoms with Gasteiger partial charge in [0.1, 0.15) is 5.82 Å². The van der Waals surface area contributed by atoms with E-state index in [1.807, 2.05) is 68.4 Å². The number of hydrogen-bond donors (Lipinski definition) is 3. The van der Waals surface area contributed by atoms with Crippen LogP contribution in [0.5, 0.6) is 0 Å². The number of carbonyl (C=O) groups is 1.